The van der Waals surface area contributed by atoms with E-state index in [0.717, 1.165) is 18.4 Å². The van der Waals surface area contributed by atoms with Crippen LogP contribution in [0.2, 0.25) is 0 Å². The van der Waals surface area contributed by atoms with Crippen molar-refractivity contribution in [2.24, 2.45) is 0 Å². The van der Waals surface area contributed by atoms with Gasteiger partial charge in [0.05, 0.1) is 24.7 Å². The summed E-state index contributed by atoms with van der Waals surface area (Å²) in [5, 5.41) is 23.3. The Hall–Kier alpha value is -2.46. The third-order valence-corrected chi connectivity index (χ3v) is 6.41. The number of aliphatic hydroxyl groups is 2. The first-order valence-electron chi connectivity index (χ1n) is 11.6. The maximum atomic E-state index is 13.1. The first-order valence-corrected chi connectivity index (χ1v) is 11.6. The molecule has 0 bridgehead atoms. The number of carbonyl (C=O) groups is 2. The summed E-state index contributed by atoms with van der Waals surface area (Å²) in [6.07, 6.45) is 1.50. The van der Waals surface area contributed by atoms with Gasteiger partial charge in [-0.25, -0.2) is 0 Å². The molecule has 0 radical (unpaired) electrons. The topological polar surface area (TPSA) is 118 Å². The first kappa shape index (κ1) is 23.7. The van der Waals surface area contributed by atoms with Crippen LogP contribution in [0.25, 0.3) is 0 Å². The molecule has 1 saturated heterocycles. The average Bonchev–Trinajstić information content (AvgIpc) is 3.48. The number of nitrogens with one attached hydrogen (secondary N) is 1. The minimum Gasteiger partial charge on any atom is -0.486 e. The van der Waals surface area contributed by atoms with Crippen molar-refractivity contribution in [2.75, 3.05) is 39.5 Å². The molecule has 0 spiro atoms. The highest BCUT2D eigenvalue weighted by Gasteiger charge is 2.50. The van der Waals surface area contributed by atoms with E-state index >= 15 is 0 Å². The van der Waals surface area contributed by atoms with Crippen molar-refractivity contribution >= 4 is 11.8 Å². The molecule has 2 amide bonds. The van der Waals surface area contributed by atoms with Crippen LogP contribution in [-0.2, 0) is 19.1 Å². The van der Waals surface area contributed by atoms with Gasteiger partial charge in [-0.05, 0) is 31.9 Å². The van der Waals surface area contributed by atoms with E-state index in [1.54, 1.807) is 11.0 Å². The second kappa shape index (κ2) is 10.6. The van der Waals surface area contributed by atoms with Gasteiger partial charge in [0.25, 0.3) is 0 Å². The lowest BCUT2D eigenvalue weighted by molar-refractivity contribution is -0.143. The summed E-state index contributed by atoms with van der Waals surface area (Å²) < 4.78 is 17.2. The zero-order valence-electron chi connectivity index (χ0n) is 18.8. The van der Waals surface area contributed by atoms with Crippen molar-refractivity contribution in [1.29, 1.82) is 0 Å². The first-order chi connectivity index (χ1) is 16.0. The van der Waals surface area contributed by atoms with Crippen LogP contribution >= 0.6 is 0 Å². The summed E-state index contributed by atoms with van der Waals surface area (Å²) in [4.78, 5) is 27.8. The second-order valence-corrected chi connectivity index (χ2v) is 8.50. The van der Waals surface area contributed by atoms with Gasteiger partial charge in [0, 0.05) is 37.4 Å². The lowest BCUT2D eigenvalue weighted by atomic mass is 9.77. The zero-order valence-corrected chi connectivity index (χ0v) is 18.8. The molecule has 5 atom stereocenters. The van der Waals surface area contributed by atoms with Crippen LogP contribution in [-0.4, -0.2) is 90.8 Å². The number of fused-ring (bicyclic) bond motifs is 3. The molecular formula is C24H32N2O7. The lowest BCUT2D eigenvalue weighted by Crippen LogP contribution is -2.57. The summed E-state index contributed by atoms with van der Waals surface area (Å²) >= 11 is 0. The predicted octanol–water partition coefficient (Wildman–Crippen LogP) is 0.353. The molecule has 33 heavy (non-hydrogen) atoms. The molecule has 9 nitrogen and oxygen atoms in total. The molecule has 0 aromatic heterocycles. The molecule has 3 N–H and O–H groups in total. The van der Waals surface area contributed by atoms with Crippen LogP contribution in [0.3, 0.4) is 0 Å². The molecule has 180 valence electrons. The van der Waals surface area contributed by atoms with E-state index in [4.69, 9.17) is 14.2 Å². The summed E-state index contributed by atoms with van der Waals surface area (Å²) in [6.45, 7) is 2.92. The van der Waals surface area contributed by atoms with Crippen LogP contribution in [0.1, 0.15) is 31.2 Å². The Morgan fingerprint density at radius 1 is 1.30 bits per heavy atom. The molecule has 0 unspecified atom stereocenters. The van der Waals surface area contributed by atoms with E-state index in [2.05, 4.69) is 5.32 Å². The van der Waals surface area contributed by atoms with Gasteiger partial charge in [-0.2, -0.15) is 0 Å². The van der Waals surface area contributed by atoms with Crippen LogP contribution in [0.5, 0.6) is 5.75 Å². The van der Waals surface area contributed by atoms with Crippen molar-refractivity contribution in [3.63, 3.8) is 0 Å². The fourth-order valence-corrected chi connectivity index (χ4v) is 4.86. The maximum absolute atomic E-state index is 13.1. The SMILES string of the molecule is CCOCC(=O)N(C[C@H]1CCCO1)[C@@H]1C=C(C(=O)NCCO)[C@@H]2c3ccccc3O[C@@H]2[C@H]1O. The Morgan fingerprint density at radius 2 is 2.12 bits per heavy atom. The van der Waals surface area contributed by atoms with Crippen molar-refractivity contribution in [1.82, 2.24) is 10.2 Å². The van der Waals surface area contributed by atoms with E-state index in [-0.39, 0.29) is 37.7 Å². The molecule has 1 aliphatic carbocycles. The number of hydrogen-bond acceptors (Lipinski definition) is 7. The number of hydrogen-bond donors (Lipinski definition) is 3. The number of rotatable bonds is 9. The standard InChI is InChI=1S/C24H32N2O7/c1-2-31-14-20(28)26(13-15-6-5-11-32-15)18-12-17(24(30)25-9-10-27)21-16-7-3-4-8-19(16)33-23(21)22(18)29/h3-4,7-8,12,15,18,21-23,27,29H,2,5-6,9-11,13-14H2,1H3,(H,25,30)/t15-,18-,21+,22+,23+/m1/s1. The average molecular weight is 461 g/mol. The zero-order chi connectivity index (χ0) is 23.4. The quantitative estimate of drug-likeness (QED) is 0.487. The number of aliphatic hydroxyl groups excluding tert-OH is 2. The molecule has 0 saturated carbocycles. The van der Waals surface area contributed by atoms with E-state index < -0.39 is 24.2 Å². The van der Waals surface area contributed by atoms with Crippen LogP contribution < -0.4 is 10.1 Å². The van der Waals surface area contributed by atoms with Crippen molar-refractivity contribution in [3.8, 4) is 5.75 Å². The van der Waals surface area contributed by atoms with E-state index in [9.17, 15) is 19.8 Å². The number of amides is 2. The van der Waals surface area contributed by atoms with Gasteiger partial charge in [0.1, 0.15) is 24.6 Å². The minimum atomic E-state index is -1.05. The van der Waals surface area contributed by atoms with Gasteiger partial charge in [-0.3, -0.25) is 9.59 Å². The fraction of sp³-hybridized carbons (Fsp3) is 0.583. The summed E-state index contributed by atoms with van der Waals surface area (Å²) in [5.41, 5.74) is 1.23. The third kappa shape index (κ3) is 4.91. The number of para-hydroxylation sites is 1. The van der Waals surface area contributed by atoms with Crippen LogP contribution in [0.15, 0.2) is 35.9 Å². The predicted molar refractivity (Wildman–Crippen MR) is 119 cm³/mol. The van der Waals surface area contributed by atoms with E-state index in [1.165, 1.54) is 0 Å². The van der Waals surface area contributed by atoms with E-state index in [0.29, 0.717) is 31.1 Å². The Labute approximate surface area is 193 Å². The Morgan fingerprint density at radius 3 is 2.85 bits per heavy atom. The largest absolute Gasteiger partial charge is 0.486 e. The summed E-state index contributed by atoms with van der Waals surface area (Å²) in [5.74, 6) is -0.501. The van der Waals surface area contributed by atoms with E-state index in [1.807, 2.05) is 31.2 Å². The molecule has 1 aromatic carbocycles. The molecule has 9 heteroatoms. The van der Waals surface area contributed by atoms with Gasteiger partial charge in [-0.15, -0.1) is 0 Å². The van der Waals surface area contributed by atoms with Gasteiger partial charge >= 0.3 is 0 Å². The maximum Gasteiger partial charge on any atom is 0.249 e. The van der Waals surface area contributed by atoms with Gasteiger partial charge in [0.15, 0.2) is 0 Å². The Kier molecular flexibility index (Phi) is 7.64. The summed E-state index contributed by atoms with van der Waals surface area (Å²) in [6, 6.07) is 6.60. The molecule has 4 rings (SSSR count). The Bertz CT molecular complexity index is 883. The van der Waals surface area contributed by atoms with Crippen molar-refractivity contribution in [3.05, 3.63) is 41.5 Å². The van der Waals surface area contributed by atoms with Crippen molar-refractivity contribution in [2.45, 2.75) is 50.0 Å². The highest BCUT2D eigenvalue weighted by Crippen LogP contribution is 2.47. The van der Waals surface area contributed by atoms with Gasteiger partial charge in [-0.1, -0.05) is 18.2 Å². The third-order valence-electron chi connectivity index (χ3n) is 6.41. The molecule has 1 aromatic rings. The van der Waals surface area contributed by atoms with Crippen LogP contribution in [0, 0.1) is 0 Å². The highest BCUT2D eigenvalue weighted by atomic mass is 16.5. The minimum absolute atomic E-state index is 0.103. The molecule has 2 heterocycles. The molecule has 3 aliphatic rings. The van der Waals surface area contributed by atoms with Gasteiger partial charge < -0.3 is 34.6 Å². The monoisotopic (exact) mass is 460 g/mol. The van der Waals surface area contributed by atoms with Gasteiger partial charge in [0.2, 0.25) is 11.8 Å². The lowest BCUT2D eigenvalue weighted by Gasteiger charge is -2.41. The normalized spacial score (nSPS) is 27.8. The summed E-state index contributed by atoms with van der Waals surface area (Å²) in [7, 11) is 0. The fourth-order valence-electron chi connectivity index (χ4n) is 4.86. The Balaban J connectivity index is 1.70. The second-order valence-electron chi connectivity index (χ2n) is 8.50. The highest BCUT2D eigenvalue weighted by molar-refractivity contribution is 5.96. The number of benzene rings is 1. The number of ether oxygens (including phenoxy) is 3. The molecule has 1 fully saturated rings. The number of carbonyl (C=O) groups excluding carboxylic acids is 2. The molecular weight excluding hydrogens is 428 g/mol. The molecule has 2 aliphatic heterocycles. The van der Waals surface area contributed by atoms with Crippen LogP contribution in [0.4, 0.5) is 0 Å². The van der Waals surface area contributed by atoms with Crippen molar-refractivity contribution < 1.29 is 34.0 Å². The smallest absolute Gasteiger partial charge is 0.249 e. The number of nitrogens with zero attached hydrogens (tertiary/aromatic N) is 1.